The molecule has 4 N–H and O–H groups in total. The van der Waals surface area contributed by atoms with Crippen molar-refractivity contribution in [2.75, 3.05) is 26.1 Å². The van der Waals surface area contributed by atoms with E-state index >= 15 is 0 Å². The molecule has 1 rings (SSSR count). The predicted octanol–water partition coefficient (Wildman–Crippen LogP) is 0.612. The molecule has 104 valence electrons. The lowest BCUT2D eigenvalue weighted by atomic mass is 10.1. The first-order valence-electron chi connectivity index (χ1n) is 5.56. The summed E-state index contributed by atoms with van der Waals surface area (Å²) in [5, 5.41) is 5.45. The van der Waals surface area contributed by atoms with Gasteiger partial charge in [0.25, 0.3) is 5.91 Å². The van der Waals surface area contributed by atoms with Crippen LogP contribution in [0.3, 0.4) is 0 Å². The van der Waals surface area contributed by atoms with Crippen molar-refractivity contribution in [3.63, 3.8) is 0 Å². The molecule has 0 aromatic heterocycles. The molecule has 0 aliphatic heterocycles. The summed E-state index contributed by atoms with van der Waals surface area (Å²) in [4.78, 5) is 23.5. The van der Waals surface area contributed by atoms with E-state index in [0.717, 1.165) is 0 Å². The summed E-state index contributed by atoms with van der Waals surface area (Å²) in [5.74, 6) is -0.785. The van der Waals surface area contributed by atoms with Crippen LogP contribution in [0.2, 0.25) is 5.02 Å². The lowest BCUT2D eigenvalue weighted by Gasteiger charge is -2.14. The van der Waals surface area contributed by atoms with Crippen molar-refractivity contribution in [2.45, 2.75) is 6.04 Å². The Kier molecular flexibility index (Phi) is 5.75. The van der Waals surface area contributed by atoms with Gasteiger partial charge in [0.15, 0.2) is 0 Å². The van der Waals surface area contributed by atoms with Crippen molar-refractivity contribution in [1.29, 1.82) is 0 Å². The first-order chi connectivity index (χ1) is 8.99. The number of carbonyl (C=O) groups is 2. The normalized spacial score (nSPS) is 11.8. The number of carbonyl (C=O) groups excluding carboxylic acids is 2. The third-order valence-electron chi connectivity index (χ3n) is 2.39. The first-order valence-corrected chi connectivity index (χ1v) is 5.94. The quantitative estimate of drug-likeness (QED) is 0.739. The average molecular weight is 286 g/mol. The molecule has 0 saturated heterocycles. The van der Waals surface area contributed by atoms with E-state index in [1.807, 2.05) is 0 Å². The maximum atomic E-state index is 11.8. The predicted molar refractivity (Wildman–Crippen MR) is 73.3 cm³/mol. The van der Waals surface area contributed by atoms with Crippen LogP contribution < -0.4 is 16.4 Å². The Morgan fingerprint density at radius 3 is 2.74 bits per heavy atom. The molecule has 0 radical (unpaired) electrons. The highest BCUT2D eigenvalue weighted by Gasteiger charge is 2.17. The molecule has 19 heavy (non-hydrogen) atoms. The van der Waals surface area contributed by atoms with Gasteiger partial charge in [-0.05, 0) is 18.2 Å². The number of nitrogens with one attached hydrogen (secondary N) is 2. The molecule has 2 amide bonds. The highest BCUT2D eigenvalue weighted by Crippen LogP contribution is 2.20. The van der Waals surface area contributed by atoms with Crippen LogP contribution in [-0.2, 0) is 9.53 Å². The Balaban J connectivity index is 2.94. The van der Waals surface area contributed by atoms with Gasteiger partial charge in [-0.1, -0.05) is 11.6 Å². The van der Waals surface area contributed by atoms with E-state index in [4.69, 9.17) is 22.1 Å². The topological polar surface area (TPSA) is 93.5 Å². The minimum Gasteiger partial charge on any atom is -0.383 e. The van der Waals surface area contributed by atoms with Crippen molar-refractivity contribution in [3.05, 3.63) is 28.8 Å². The molecule has 6 nitrogen and oxygen atoms in total. The van der Waals surface area contributed by atoms with E-state index in [1.54, 1.807) is 12.1 Å². The van der Waals surface area contributed by atoms with Gasteiger partial charge in [-0.2, -0.15) is 0 Å². The first kappa shape index (κ1) is 15.4. The zero-order valence-corrected chi connectivity index (χ0v) is 11.5. The molecular weight excluding hydrogens is 270 g/mol. The smallest absolute Gasteiger partial charge is 0.253 e. The molecule has 1 aromatic rings. The number of hydrogen-bond acceptors (Lipinski definition) is 4. The number of rotatable bonds is 5. The van der Waals surface area contributed by atoms with E-state index in [2.05, 4.69) is 10.6 Å². The molecule has 0 aliphatic rings. The fraction of sp³-hybridized carbons (Fsp3) is 0.333. The molecule has 7 heteroatoms. The summed E-state index contributed by atoms with van der Waals surface area (Å²) in [7, 11) is 2.94. The third-order valence-corrected chi connectivity index (χ3v) is 2.63. The van der Waals surface area contributed by atoms with E-state index in [9.17, 15) is 9.59 Å². The number of amides is 2. The van der Waals surface area contributed by atoms with Crippen molar-refractivity contribution >= 4 is 29.1 Å². The van der Waals surface area contributed by atoms with Gasteiger partial charge in [-0.25, -0.2) is 0 Å². The molecular formula is C12H16ClN3O3. The summed E-state index contributed by atoms with van der Waals surface area (Å²) in [6.45, 7) is 0.0920. The zero-order valence-electron chi connectivity index (χ0n) is 10.7. The van der Waals surface area contributed by atoms with E-state index in [0.29, 0.717) is 10.7 Å². The maximum Gasteiger partial charge on any atom is 0.253 e. The Morgan fingerprint density at radius 2 is 2.16 bits per heavy atom. The van der Waals surface area contributed by atoms with Crippen molar-refractivity contribution < 1.29 is 14.3 Å². The van der Waals surface area contributed by atoms with Gasteiger partial charge in [0.05, 0.1) is 17.9 Å². The highest BCUT2D eigenvalue weighted by molar-refractivity contribution is 6.31. The largest absolute Gasteiger partial charge is 0.383 e. The molecule has 1 aromatic carbocycles. The summed E-state index contributed by atoms with van der Waals surface area (Å²) < 4.78 is 4.79. The third kappa shape index (κ3) is 4.20. The Morgan fingerprint density at radius 1 is 1.47 bits per heavy atom. The number of hydrogen-bond donors (Lipinski definition) is 3. The minimum absolute atomic E-state index is 0.0920. The maximum absolute atomic E-state index is 11.8. The average Bonchev–Trinajstić information content (AvgIpc) is 2.40. The monoisotopic (exact) mass is 285 g/mol. The number of halogens is 1. The van der Waals surface area contributed by atoms with E-state index in [-0.39, 0.29) is 18.1 Å². The fourth-order valence-electron chi connectivity index (χ4n) is 1.43. The van der Waals surface area contributed by atoms with Crippen LogP contribution >= 0.6 is 11.6 Å². The van der Waals surface area contributed by atoms with Gasteiger partial charge in [-0.15, -0.1) is 0 Å². The molecule has 1 unspecified atom stereocenters. The van der Waals surface area contributed by atoms with Gasteiger partial charge in [0, 0.05) is 19.2 Å². The second-order valence-corrected chi connectivity index (χ2v) is 4.26. The van der Waals surface area contributed by atoms with Crippen LogP contribution in [0, 0.1) is 0 Å². The Labute approximate surface area is 116 Å². The van der Waals surface area contributed by atoms with Crippen LogP contribution in [0.4, 0.5) is 5.69 Å². The van der Waals surface area contributed by atoms with Crippen molar-refractivity contribution in [2.24, 2.45) is 5.73 Å². The van der Waals surface area contributed by atoms with E-state index in [1.165, 1.54) is 20.2 Å². The molecule has 1 atom stereocenters. The molecule has 0 bridgehead atoms. The Bertz CT molecular complexity index is 479. The second-order valence-electron chi connectivity index (χ2n) is 3.82. The molecule has 0 saturated carbocycles. The van der Waals surface area contributed by atoms with Gasteiger partial charge < -0.3 is 21.1 Å². The number of ether oxygens (including phenoxy) is 1. The van der Waals surface area contributed by atoms with E-state index < -0.39 is 11.9 Å². The van der Waals surface area contributed by atoms with Crippen LogP contribution in [0.15, 0.2) is 18.2 Å². The lowest BCUT2D eigenvalue weighted by Crippen LogP contribution is -2.39. The standard InChI is InChI=1S/C12H16ClN3O3/c1-15-11(17)8-5-7(13)3-4-10(8)16-12(18)9(14)6-19-2/h3-5,9H,6,14H2,1-2H3,(H,15,17)(H,16,18). The minimum atomic E-state index is -0.807. The van der Waals surface area contributed by atoms with Crippen LogP contribution in [-0.4, -0.2) is 38.6 Å². The van der Waals surface area contributed by atoms with Gasteiger partial charge in [0.1, 0.15) is 6.04 Å². The van der Waals surface area contributed by atoms with Crippen molar-refractivity contribution in [3.8, 4) is 0 Å². The molecule has 0 spiro atoms. The SMILES string of the molecule is CNC(=O)c1cc(Cl)ccc1NC(=O)C(N)COC. The summed E-state index contributed by atoms with van der Waals surface area (Å²) in [5.41, 5.74) is 6.22. The molecule has 0 fully saturated rings. The van der Waals surface area contributed by atoms with Gasteiger partial charge in [-0.3, -0.25) is 9.59 Å². The lowest BCUT2D eigenvalue weighted by molar-refractivity contribution is -0.118. The van der Waals surface area contributed by atoms with Gasteiger partial charge >= 0.3 is 0 Å². The summed E-state index contributed by atoms with van der Waals surface area (Å²) >= 11 is 5.83. The number of methoxy groups -OCH3 is 1. The summed E-state index contributed by atoms with van der Waals surface area (Å²) in [6, 6.07) is 3.78. The van der Waals surface area contributed by atoms with Crippen LogP contribution in [0.5, 0.6) is 0 Å². The number of anilines is 1. The summed E-state index contributed by atoms with van der Waals surface area (Å²) in [6.07, 6.45) is 0. The van der Waals surface area contributed by atoms with Crippen LogP contribution in [0.1, 0.15) is 10.4 Å². The zero-order chi connectivity index (χ0) is 14.4. The van der Waals surface area contributed by atoms with Gasteiger partial charge in [0.2, 0.25) is 5.91 Å². The number of benzene rings is 1. The highest BCUT2D eigenvalue weighted by atomic mass is 35.5. The second kappa shape index (κ2) is 7.08. The molecule has 0 heterocycles. The van der Waals surface area contributed by atoms with Crippen molar-refractivity contribution in [1.82, 2.24) is 5.32 Å². The number of nitrogens with two attached hydrogens (primary N) is 1. The van der Waals surface area contributed by atoms with Crippen LogP contribution in [0.25, 0.3) is 0 Å². The Hall–Kier alpha value is -1.63. The fourth-order valence-corrected chi connectivity index (χ4v) is 1.60. The molecule has 0 aliphatic carbocycles.